The monoisotopic (exact) mass is 390 g/mol. The summed E-state index contributed by atoms with van der Waals surface area (Å²) in [6.45, 7) is 1.39. The van der Waals surface area contributed by atoms with Crippen LogP contribution in [0.25, 0.3) is 11.1 Å². The number of aromatic nitrogens is 1. The van der Waals surface area contributed by atoms with Gasteiger partial charge in [0.05, 0.1) is 0 Å². The number of carbonyl (C=O) groups excluding carboxylic acids is 1. The Morgan fingerprint density at radius 2 is 1.89 bits per heavy atom. The first-order valence-corrected chi connectivity index (χ1v) is 8.44. The highest BCUT2D eigenvalue weighted by Crippen LogP contribution is 2.38. The molecule has 3 aromatic rings. The van der Waals surface area contributed by atoms with Gasteiger partial charge in [0.25, 0.3) is 5.91 Å². The van der Waals surface area contributed by atoms with E-state index in [1.165, 1.54) is 42.8 Å². The van der Waals surface area contributed by atoms with Gasteiger partial charge < -0.3 is 15.5 Å². The lowest BCUT2D eigenvalue weighted by atomic mass is 10.0. The van der Waals surface area contributed by atoms with Gasteiger partial charge in [-0.2, -0.15) is 0 Å². The zero-order valence-corrected chi connectivity index (χ0v) is 14.6. The largest absolute Gasteiger partial charge is 0.493 e. The Morgan fingerprint density at radius 3 is 2.56 bits per heavy atom. The number of anilines is 1. The number of amides is 1. The summed E-state index contributed by atoms with van der Waals surface area (Å²) >= 11 is 0.843. The zero-order valence-electron chi connectivity index (χ0n) is 13.8. The van der Waals surface area contributed by atoms with Crippen LogP contribution in [0.15, 0.2) is 35.8 Å². The number of halogens is 2. The number of pyridine rings is 1. The summed E-state index contributed by atoms with van der Waals surface area (Å²) in [6, 6.07) is 5.35. The van der Waals surface area contributed by atoms with Crippen molar-refractivity contribution >= 4 is 28.2 Å². The van der Waals surface area contributed by atoms with E-state index in [4.69, 9.17) is 0 Å². The van der Waals surface area contributed by atoms with E-state index in [0.717, 1.165) is 11.3 Å². The van der Waals surface area contributed by atoms with E-state index in [2.05, 4.69) is 10.3 Å². The molecule has 0 aliphatic carbocycles. The molecular formula is C18H12F2N2O4S. The first-order chi connectivity index (χ1) is 12.8. The number of aryl methyl sites for hydroxylation is 1. The summed E-state index contributed by atoms with van der Waals surface area (Å²) in [5.74, 6) is -4.96. The average Bonchev–Trinajstić information content (AvgIpc) is 3.03. The Kier molecular flexibility index (Phi) is 4.87. The fourth-order valence-corrected chi connectivity index (χ4v) is 3.41. The minimum Gasteiger partial charge on any atom is -0.493 e. The summed E-state index contributed by atoms with van der Waals surface area (Å²) in [5.41, 5.74) is -0.731. The van der Waals surface area contributed by atoms with E-state index in [0.29, 0.717) is 0 Å². The van der Waals surface area contributed by atoms with E-state index in [1.807, 2.05) is 0 Å². The van der Waals surface area contributed by atoms with Crippen LogP contribution in [0.1, 0.15) is 26.3 Å². The molecule has 0 radical (unpaired) electrons. The molecule has 1 aromatic carbocycles. The molecule has 0 fully saturated rings. The third-order valence-electron chi connectivity index (χ3n) is 3.83. The van der Waals surface area contributed by atoms with Gasteiger partial charge in [-0.1, -0.05) is 12.1 Å². The summed E-state index contributed by atoms with van der Waals surface area (Å²) in [6.07, 6.45) is 1.28. The molecular weight excluding hydrogens is 378 g/mol. The number of thiophene rings is 1. The molecule has 0 saturated heterocycles. The molecule has 0 atom stereocenters. The van der Waals surface area contributed by atoms with Crippen LogP contribution in [-0.4, -0.2) is 27.1 Å². The van der Waals surface area contributed by atoms with Gasteiger partial charge in [0.15, 0.2) is 11.6 Å². The van der Waals surface area contributed by atoms with Crippen LogP contribution in [0, 0.1) is 18.6 Å². The van der Waals surface area contributed by atoms with E-state index in [9.17, 15) is 28.6 Å². The first kappa shape index (κ1) is 18.5. The highest BCUT2D eigenvalue weighted by Gasteiger charge is 2.25. The average molecular weight is 390 g/mol. The Morgan fingerprint density at radius 1 is 1.15 bits per heavy atom. The summed E-state index contributed by atoms with van der Waals surface area (Å²) < 4.78 is 28.2. The fraction of sp³-hybridized carbons (Fsp3) is 0.0556. The molecule has 27 heavy (non-hydrogen) atoms. The lowest BCUT2D eigenvalue weighted by Gasteiger charge is -2.08. The van der Waals surface area contributed by atoms with Crippen molar-refractivity contribution in [1.82, 2.24) is 4.98 Å². The number of carboxylic acids is 1. The Bertz CT molecular complexity index is 1070. The number of hydrogen-bond acceptors (Lipinski definition) is 5. The summed E-state index contributed by atoms with van der Waals surface area (Å²) in [7, 11) is 0. The first-order valence-electron chi connectivity index (χ1n) is 7.56. The molecule has 2 heterocycles. The van der Waals surface area contributed by atoms with Gasteiger partial charge >= 0.3 is 5.97 Å². The van der Waals surface area contributed by atoms with Gasteiger partial charge in [0, 0.05) is 22.7 Å². The van der Waals surface area contributed by atoms with E-state index in [-0.39, 0.29) is 32.8 Å². The lowest BCUT2D eigenvalue weighted by Crippen LogP contribution is -2.14. The van der Waals surface area contributed by atoms with Crippen LogP contribution < -0.4 is 5.32 Å². The second-order valence-electron chi connectivity index (χ2n) is 5.55. The van der Waals surface area contributed by atoms with E-state index >= 15 is 0 Å². The topological polar surface area (TPSA) is 99.5 Å². The molecule has 0 aliphatic heterocycles. The minimum absolute atomic E-state index is 0.0605. The van der Waals surface area contributed by atoms with Crippen LogP contribution in [0.5, 0.6) is 5.88 Å². The van der Waals surface area contributed by atoms with Crippen molar-refractivity contribution in [2.24, 2.45) is 0 Å². The zero-order chi connectivity index (χ0) is 19.7. The maximum Gasteiger partial charge on any atom is 0.339 e. The normalized spacial score (nSPS) is 10.6. The summed E-state index contributed by atoms with van der Waals surface area (Å²) in [4.78, 5) is 27.6. The third-order valence-corrected chi connectivity index (χ3v) is 4.72. The van der Waals surface area contributed by atoms with Gasteiger partial charge in [0.1, 0.15) is 16.1 Å². The standard InChI is InChI=1S/C18H12F2N2O4S/c1-8-4-5-9(14(20)13(8)19)11-7-27-17(12(11)18(25)26)22-16(24)10-3-2-6-21-15(10)23/h2-7H,1H3,(H,21,23)(H,22,24)(H,25,26). The fourth-order valence-electron chi connectivity index (χ4n) is 2.46. The molecule has 3 N–H and O–H groups in total. The molecule has 138 valence electrons. The molecule has 0 saturated carbocycles. The molecule has 6 nitrogen and oxygen atoms in total. The quantitative estimate of drug-likeness (QED) is 0.624. The molecule has 1 amide bonds. The van der Waals surface area contributed by atoms with Gasteiger partial charge in [-0.05, 0) is 24.6 Å². The number of nitrogens with one attached hydrogen (secondary N) is 1. The number of carbonyl (C=O) groups is 2. The number of aromatic carboxylic acids is 1. The van der Waals surface area contributed by atoms with Crippen LogP contribution in [0.4, 0.5) is 13.8 Å². The number of carboxylic acid groups (broad SMARTS) is 1. The van der Waals surface area contributed by atoms with Crippen molar-refractivity contribution in [3.05, 3.63) is 64.2 Å². The third kappa shape index (κ3) is 3.36. The molecule has 2 aromatic heterocycles. The Hall–Kier alpha value is -3.33. The molecule has 0 spiro atoms. The molecule has 0 aliphatic rings. The van der Waals surface area contributed by atoms with Gasteiger partial charge in [0.2, 0.25) is 5.88 Å². The number of benzene rings is 1. The van der Waals surface area contributed by atoms with Crippen LogP contribution >= 0.6 is 11.3 Å². The van der Waals surface area contributed by atoms with Gasteiger partial charge in [-0.3, -0.25) is 4.79 Å². The van der Waals surface area contributed by atoms with Crippen molar-refractivity contribution in [3.8, 4) is 17.0 Å². The predicted octanol–water partition coefficient (Wildman–Crippen LogP) is 4.05. The van der Waals surface area contributed by atoms with Crippen molar-refractivity contribution in [2.75, 3.05) is 5.32 Å². The van der Waals surface area contributed by atoms with Crippen LogP contribution in [0.3, 0.4) is 0 Å². The number of hydrogen-bond donors (Lipinski definition) is 3. The molecule has 9 heteroatoms. The van der Waals surface area contributed by atoms with Crippen molar-refractivity contribution in [3.63, 3.8) is 0 Å². The Labute approximate surface area is 155 Å². The summed E-state index contributed by atoms with van der Waals surface area (Å²) in [5, 5.41) is 22.8. The van der Waals surface area contributed by atoms with Crippen molar-refractivity contribution in [1.29, 1.82) is 0 Å². The predicted molar refractivity (Wildman–Crippen MR) is 95.2 cm³/mol. The van der Waals surface area contributed by atoms with Crippen LogP contribution in [0.2, 0.25) is 0 Å². The molecule has 0 bridgehead atoms. The minimum atomic E-state index is -1.42. The second kappa shape index (κ2) is 7.12. The molecule has 3 rings (SSSR count). The van der Waals surface area contributed by atoms with Gasteiger partial charge in [-0.15, -0.1) is 11.3 Å². The van der Waals surface area contributed by atoms with Crippen LogP contribution in [-0.2, 0) is 0 Å². The number of nitrogens with zero attached hydrogens (tertiary/aromatic N) is 1. The Balaban J connectivity index is 2.05. The highest BCUT2D eigenvalue weighted by molar-refractivity contribution is 7.15. The maximum absolute atomic E-state index is 14.3. The van der Waals surface area contributed by atoms with Gasteiger partial charge in [-0.25, -0.2) is 18.6 Å². The molecule has 0 unspecified atom stereocenters. The smallest absolute Gasteiger partial charge is 0.339 e. The van der Waals surface area contributed by atoms with Crippen molar-refractivity contribution < 1.29 is 28.6 Å². The SMILES string of the molecule is Cc1ccc(-c2csc(NC(=O)c3cccnc3O)c2C(=O)O)c(F)c1F. The number of rotatable bonds is 4. The second-order valence-corrected chi connectivity index (χ2v) is 6.42. The van der Waals surface area contributed by atoms with E-state index < -0.39 is 29.4 Å². The number of aromatic hydroxyl groups is 1. The maximum atomic E-state index is 14.3. The van der Waals surface area contributed by atoms with E-state index in [1.54, 1.807) is 0 Å². The van der Waals surface area contributed by atoms with Crippen molar-refractivity contribution in [2.45, 2.75) is 6.92 Å². The highest BCUT2D eigenvalue weighted by atomic mass is 32.1. The lowest BCUT2D eigenvalue weighted by molar-refractivity contribution is 0.0699.